The van der Waals surface area contributed by atoms with E-state index in [1.165, 1.54) is 50.9 Å². The smallest absolute Gasteiger partial charge is 0.170 e. The number of fused-ring (bicyclic) bond motifs is 1. The van der Waals surface area contributed by atoms with E-state index in [2.05, 4.69) is 10.1 Å². The van der Waals surface area contributed by atoms with Crippen LogP contribution in [0.2, 0.25) is 0 Å². The van der Waals surface area contributed by atoms with Crippen molar-refractivity contribution in [1.82, 2.24) is 10.1 Å². The molecule has 4 nitrogen and oxygen atoms in total. The van der Waals surface area contributed by atoms with Crippen molar-refractivity contribution < 1.29 is 13.7 Å². The number of nitrogens with zero attached hydrogens (tertiary/aromatic N) is 2. The van der Waals surface area contributed by atoms with Crippen LogP contribution in [-0.2, 0) is 0 Å². The van der Waals surface area contributed by atoms with E-state index in [-0.39, 0.29) is 5.82 Å². The van der Waals surface area contributed by atoms with E-state index in [1.807, 2.05) is 24.3 Å². The molecule has 1 aliphatic heterocycles. The van der Waals surface area contributed by atoms with Crippen molar-refractivity contribution in [3.8, 4) is 17.0 Å². The maximum atomic E-state index is 13.3. The standard InChI is InChI=1S/C22H25FN2O2/c23-18-8-11-20-21(16-18)27-24-22(20)17-6-9-19(10-7-17)26-15-5-14-25-12-3-1-2-4-13-25/h6-11,16H,1-5,12-15H2. The van der Waals surface area contributed by atoms with Gasteiger partial charge in [-0.15, -0.1) is 0 Å². The average Bonchev–Trinajstić information content (AvgIpc) is 2.92. The van der Waals surface area contributed by atoms with Gasteiger partial charge in [0.15, 0.2) is 5.58 Å². The Morgan fingerprint density at radius 2 is 1.78 bits per heavy atom. The molecular formula is C22H25FN2O2. The molecule has 2 heterocycles. The van der Waals surface area contributed by atoms with Gasteiger partial charge in [-0.1, -0.05) is 18.0 Å². The molecule has 1 aromatic heterocycles. The molecule has 0 bridgehead atoms. The van der Waals surface area contributed by atoms with Gasteiger partial charge in [0.2, 0.25) is 0 Å². The van der Waals surface area contributed by atoms with Crippen LogP contribution in [0.1, 0.15) is 32.1 Å². The second-order valence-electron chi connectivity index (χ2n) is 7.15. The topological polar surface area (TPSA) is 38.5 Å². The van der Waals surface area contributed by atoms with Crippen molar-refractivity contribution in [1.29, 1.82) is 0 Å². The Kier molecular flexibility index (Phi) is 5.68. The van der Waals surface area contributed by atoms with E-state index in [0.717, 1.165) is 42.0 Å². The lowest BCUT2D eigenvalue weighted by molar-refractivity contribution is 0.240. The van der Waals surface area contributed by atoms with Gasteiger partial charge in [0.1, 0.15) is 17.3 Å². The number of halogens is 1. The van der Waals surface area contributed by atoms with Crippen molar-refractivity contribution in [3.05, 3.63) is 48.3 Å². The molecule has 0 spiro atoms. The van der Waals surface area contributed by atoms with Crippen LogP contribution in [0.4, 0.5) is 4.39 Å². The number of likely N-dealkylation sites (tertiary alicyclic amines) is 1. The first kappa shape index (κ1) is 18.0. The number of hydrogen-bond acceptors (Lipinski definition) is 4. The first-order chi connectivity index (χ1) is 13.3. The van der Waals surface area contributed by atoms with Crippen LogP contribution < -0.4 is 4.74 Å². The number of hydrogen-bond donors (Lipinski definition) is 0. The fourth-order valence-electron chi connectivity index (χ4n) is 3.67. The van der Waals surface area contributed by atoms with E-state index >= 15 is 0 Å². The molecule has 0 saturated carbocycles. The zero-order valence-electron chi connectivity index (χ0n) is 15.5. The SMILES string of the molecule is Fc1ccc2c(-c3ccc(OCCCN4CCCCCC4)cc3)noc2c1. The van der Waals surface area contributed by atoms with E-state index in [1.54, 1.807) is 6.07 Å². The van der Waals surface area contributed by atoms with E-state index < -0.39 is 0 Å². The van der Waals surface area contributed by atoms with Crippen molar-refractivity contribution >= 4 is 11.0 Å². The third kappa shape index (κ3) is 4.48. The van der Waals surface area contributed by atoms with E-state index in [0.29, 0.717) is 5.58 Å². The number of aromatic nitrogens is 1. The summed E-state index contributed by atoms with van der Waals surface area (Å²) in [4.78, 5) is 2.55. The highest BCUT2D eigenvalue weighted by Crippen LogP contribution is 2.29. The molecule has 0 amide bonds. The maximum Gasteiger partial charge on any atom is 0.170 e. The van der Waals surface area contributed by atoms with Crippen LogP contribution >= 0.6 is 0 Å². The number of rotatable bonds is 6. The molecule has 3 aromatic rings. The van der Waals surface area contributed by atoms with Crippen LogP contribution in [0.5, 0.6) is 5.75 Å². The number of benzene rings is 2. The van der Waals surface area contributed by atoms with Gasteiger partial charge >= 0.3 is 0 Å². The summed E-state index contributed by atoms with van der Waals surface area (Å²) in [7, 11) is 0. The van der Waals surface area contributed by atoms with Crippen molar-refractivity contribution in [2.24, 2.45) is 0 Å². The Labute approximate surface area is 158 Å². The minimum absolute atomic E-state index is 0.325. The van der Waals surface area contributed by atoms with Gasteiger partial charge in [-0.25, -0.2) is 4.39 Å². The second kappa shape index (κ2) is 8.53. The summed E-state index contributed by atoms with van der Waals surface area (Å²) >= 11 is 0. The van der Waals surface area contributed by atoms with Gasteiger partial charge in [0.05, 0.1) is 6.61 Å². The second-order valence-corrected chi connectivity index (χ2v) is 7.15. The first-order valence-electron chi connectivity index (χ1n) is 9.80. The first-order valence-corrected chi connectivity index (χ1v) is 9.80. The summed E-state index contributed by atoms with van der Waals surface area (Å²) in [5.74, 6) is 0.530. The molecule has 142 valence electrons. The van der Waals surface area contributed by atoms with Crippen LogP contribution in [0.3, 0.4) is 0 Å². The fraction of sp³-hybridized carbons (Fsp3) is 0.409. The molecule has 2 aromatic carbocycles. The molecular weight excluding hydrogens is 343 g/mol. The van der Waals surface area contributed by atoms with Crippen LogP contribution in [0, 0.1) is 5.82 Å². The minimum atomic E-state index is -0.325. The largest absolute Gasteiger partial charge is 0.494 e. The molecule has 27 heavy (non-hydrogen) atoms. The quantitative estimate of drug-likeness (QED) is 0.555. The van der Waals surface area contributed by atoms with Crippen molar-refractivity contribution in [2.45, 2.75) is 32.1 Å². The summed E-state index contributed by atoms with van der Waals surface area (Å²) in [6.45, 7) is 4.29. The Balaban J connectivity index is 1.32. The monoisotopic (exact) mass is 368 g/mol. The Morgan fingerprint density at radius 3 is 2.56 bits per heavy atom. The Morgan fingerprint density at radius 1 is 1.00 bits per heavy atom. The normalized spacial score (nSPS) is 15.7. The molecule has 0 atom stereocenters. The lowest BCUT2D eigenvalue weighted by Gasteiger charge is -2.19. The van der Waals surface area contributed by atoms with E-state index in [9.17, 15) is 4.39 Å². The third-order valence-corrected chi connectivity index (χ3v) is 5.15. The summed E-state index contributed by atoms with van der Waals surface area (Å²) in [6, 6.07) is 12.3. The van der Waals surface area contributed by atoms with E-state index in [4.69, 9.17) is 9.26 Å². The molecule has 5 heteroatoms. The summed E-state index contributed by atoms with van der Waals surface area (Å²) < 4.78 is 24.4. The zero-order chi connectivity index (χ0) is 18.5. The number of ether oxygens (including phenoxy) is 1. The van der Waals surface area contributed by atoms with Crippen LogP contribution in [-0.4, -0.2) is 36.3 Å². The maximum absolute atomic E-state index is 13.3. The van der Waals surface area contributed by atoms with Gasteiger partial charge in [-0.05, 0) is 68.8 Å². The van der Waals surface area contributed by atoms with Gasteiger partial charge in [-0.3, -0.25) is 0 Å². The minimum Gasteiger partial charge on any atom is -0.494 e. The van der Waals surface area contributed by atoms with Gasteiger partial charge in [0.25, 0.3) is 0 Å². The third-order valence-electron chi connectivity index (χ3n) is 5.15. The van der Waals surface area contributed by atoms with Gasteiger partial charge in [-0.2, -0.15) is 0 Å². The predicted octanol–water partition coefficient (Wildman–Crippen LogP) is 5.28. The molecule has 1 saturated heterocycles. The lowest BCUT2D eigenvalue weighted by Crippen LogP contribution is -2.26. The highest BCUT2D eigenvalue weighted by molar-refractivity contribution is 5.91. The lowest BCUT2D eigenvalue weighted by atomic mass is 10.1. The molecule has 0 radical (unpaired) electrons. The zero-order valence-corrected chi connectivity index (χ0v) is 15.5. The molecule has 4 rings (SSSR count). The Hall–Kier alpha value is -2.40. The van der Waals surface area contributed by atoms with Gasteiger partial charge < -0.3 is 14.2 Å². The fourth-order valence-corrected chi connectivity index (χ4v) is 3.67. The Bertz CT molecular complexity index is 868. The average molecular weight is 368 g/mol. The summed E-state index contributed by atoms with van der Waals surface area (Å²) in [5, 5.41) is 4.89. The van der Waals surface area contributed by atoms with Crippen LogP contribution in [0.15, 0.2) is 47.0 Å². The molecule has 1 fully saturated rings. The van der Waals surface area contributed by atoms with Crippen LogP contribution in [0.25, 0.3) is 22.2 Å². The predicted molar refractivity (Wildman–Crippen MR) is 104 cm³/mol. The molecule has 1 aliphatic rings. The molecule has 0 aliphatic carbocycles. The molecule has 0 N–H and O–H groups in total. The summed E-state index contributed by atoms with van der Waals surface area (Å²) in [6.07, 6.45) is 6.43. The van der Waals surface area contributed by atoms with Crippen molar-refractivity contribution in [2.75, 3.05) is 26.2 Å². The molecule has 0 unspecified atom stereocenters. The highest BCUT2D eigenvalue weighted by Gasteiger charge is 2.11. The van der Waals surface area contributed by atoms with Crippen molar-refractivity contribution in [3.63, 3.8) is 0 Å². The van der Waals surface area contributed by atoms with Gasteiger partial charge in [0, 0.05) is 23.6 Å². The highest BCUT2D eigenvalue weighted by atomic mass is 19.1. The summed E-state index contributed by atoms with van der Waals surface area (Å²) in [5.41, 5.74) is 2.11.